The van der Waals surface area contributed by atoms with Crippen LogP contribution in [0.4, 0.5) is 5.69 Å². The second kappa shape index (κ2) is 5.95. The van der Waals surface area contributed by atoms with Crippen molar-refractivity contribution in [3.63, 3.8) is 0 Å². The summed E-state index contributed by atoms with van der Waals surface area (Å²) >= 11 is 0. The number of carbonyl (C=O) groups is 1. The van der Waals surface area contributed by atoms with E-state index in [0.717, 1.165) is 37.6 Å². The average molecular weight is 285 g/mol. The third kappa shape index (κ3) is 2.74. The number of amides is 1. The van der Waals surface area contributed by atoms with Crippen LogP contribution in [-0.2, 0) is 4.79 Å². The number of anilines is 1. The second-order valence-corrected chi connectivity index (χ2v) is 5.08. The van der Waals surface area contributed by atoms with Gasteiger partial charge in [-0.05, 0) is 12.1 Å². The Kier molecular flexibility index (Phi) is 3.85. The van der Waals surface area contributed by atoms with Gasteiger partial charge in [-0.15, -0.1) is 10.2 Å². The van der Waals surface area contributed by atoms with Crippen molar-refractivity contribution >= 4 is 11.6 Å². The van der Waals surface area contributed by atoms with Crippen molar-refractivity contribution in [2.24, 2.45) is 0 Å². The predicted octanol–water partition coefficient (Wildman–Crippen LogP) is 1.33. The molecule has 0 spiro atoms. The van der Waals surface area contributed by atoms with Crippen molar-refractivity contribution < 1.29 is 4.79 Å². The summed E-state index contributed by atoms with van der Waals surface area (Å²) in [6, 6.07) is 8.21. The van der Waals surface area contributed by atoms with Crippen LogP contribution in [0.15, 0.2) is 36.9 Å². The number of hydrogen-bond donors (Lipinski definition) is 0. The maximum absolute atomic E-state index is 11.8. The minimum absolute atomic E-state index is 0.238. The Morgan fingerprint density at radius 2 is 1.67 bits per heavy atom. The van der Waals surface area contributed by atoms with Gasteiger partial charge in [-0.2, -0.15) is 0 Å². The summed E-state index contributed by atoms with van der Waals surface area (Å²) < 4.78 is 1.92. The summed E-state index contributed by atoms with van der Waals surface area (Å²) in [6.07, 6.45) is 3.99. The summed E-state index contributed by atoms with van der Waals surface area (Å²) in [7, 11) is 0. The van der Waals surface area contributed by atoms with Crippen LogP contribution >= 0.6 is 0 Å². The number of benzene rings is 1. The topological polar surface area (TPSA) is 54.3 Å². The standard InChI is InChI=1S/C15H19N5O/c1-2-15(21)19-9-7-18(8-10-19)13-5-3-4-6-14(13)20-11-16-17-12-20/h3-6,11-12H,2,7-10H2,1H3. The molecule has 110 valence electrons. The smallest absolute Gasteiger partial charge is 0.222 e. The fourth-order valence-electron chi connectivity index (χ4n) is 2.70. The first-order valence-corrected chi connectivity index (χ1v) is 7.26. The molecule has 0 saturated carbocycles. The molecule has 2 heterocycles. The molecule has 1 aliphatic rings. The number of para-hydroxylation sites is 2. The van der Waals surface area contributed by atoms with Gasteiger partial charge in [-0.1, -0.05) is 19.1 Å². The van der Waals surface area contributed by atoms with E-state index in [-0.39, 0.29) is 5.91 Å². The van der Waals surface area contributed by atoms with Gasteiger partial charge in [0, 0.05) is 32.6 Å². The molecule has 0 bridgehead atoms. The third-order valence-corrected chi connectivity index (χ3v) is 3.85. The molecule has 1 aromatic heterocycles. The third-order valence-electron chi connectivity index (χ3n) is 3.85. The lowest BCUT2D eigenvalue weighted by molar-refractivity contribution is -0.131. The largest absolute Gasteiger partial charge is 0.366 e. The van der Waals surface area contributed by atoms with E-state index < -0.39 is 0 Å². The molecule has 2 aromatic rings. The molecule has 0 unspecified atom stereocenters. The Balaban J connectivity index is 1.79. The summed E-state index contributed by atoms with van der Waals surface area (Å²) in [5, 5.41) is 7.75. The lowest BCUT2D eigenvalue weighted by Crippen LogP contribution is -2.48. The van der Waals surface area contributed by atoms with Gasteiger partial charge in [0.1, 0.15) is 12.7 Å². The van der Waals surface area contributed by atoms with Crippen molar-refractivity contribution in [2.75, 3.05) is 31.1 Å². The van der Waals surface area contributed by atoms with Crippen molar-refractivity contribution in [1.82, 2.24) is 19.7 Å². The van der Waals surface area contributed by atoms with Gasteiger partial charge in [0.05, 0.1) is 11.4 Å². The van der Waals surface area contributed by atoms with Crippen LogP contribution in [0.5, 0.6) is 0 Å². The van der Waals surface area contributed by atoms with Crippen molar-refractivity contribution in [3.8, 4) is 5.69 Å². The van der Waals surface area contributed by atoms with E-state index in [4.69, 9.17) is 0 Å². The van der Waals surface area contributed by atoms with Gasteiger partial charge in [-0.3, -0.25) is 9.36 Å². The molecule has 0 radical (unpaired) electrons. The minimum atomic E-state index is 0.238. The highest BCUT2D eigenvalue weighted by Gasteiger charge is 2.21. The Labute approximate surface area is 124 Å². The van der Waals surface area contributed by atoms with Crippen molar-refractivity contribution in [3.05, 3.63) is 36.9 Å². The van der Waals surface area contributed by atoms with Crippen LogP contribution in [0.2, 0.25) is 0 Å². The van der Waals surface area contributed by atoms with E-state index in [9.17, 15) is 4.79 Å². The van der Waals surface area contributed by atoms with Crippen molar-refractivity contribution in [1.29, 1.82) is 0 Å². The molecule has 6 heteroatoms. The molecule has 1 aliphatic heterocycles. The number of nitrogens with zero attached hydrogens (tertiary/aromatic N) is 5. The highest BCUT2D eigenvalue weighted by molar-refractivity contribution is 5.76. The van der Waals surface area contributed by atoms with Gasteiger partial charge in [0.15, 0.2) is 0 Å². The first-order valence-electron chi connectivity index (χ1n) is 7.26. The van der Waals surface area contributed by atoms with Crippen LogP contribution in [0, 0.1) is 0 Å². The van der Waals surface area contributed by atoms with Gasteiger partial charge in [0.2, 0.25) is 5.91 Å². The summed E-state index contributed by atoms with van der Waals surface area (Å²) in [5.74, 6) is 0.238. The molecular formula is C15H19N5O. The molecule has 21 heavy (non-hydrogen) atoms. The number of piperazine rings is 1. The molecular weight excluding hydrogens is 266 g/mol. The number of aromatic nitrogens is 3. The molecule has 1 fully saturated rings. The predicted molar refractivity (Wildman–Crippen MR) is 80.4 cm³/mol. The Morgan fingerprint density at radius 1 is 1.05 bits per heavy atom. The van der Waals surface area contributed by atoms with E-state index in [1.54, 1.807) is 12.7 Å². The van der Waals surface area contributed by atoms with E-state index in [1.165, 1.54) is 0 Å². The molecule has 1 aromatic carbocycles. The van der Waals surface area contributed by atoms with Gasteiger partial charge < -0.3 is 9.80 Å². The number of hydrogen-bond acceptors (Lipinski definition) is 4. The quantitative estimate of drug-likeness (QED) is 0.853. The lowest BCUT2D eigenvalue weighted by Gasteiger charge is -2.36. The zero-order valence-electron chi connectivity index (χ0n) is 12.1. The fourth-order valence-corrected chi connectivity index (χ4v) is 2.70. The lowest BCUT2D eigenvalue weighted by atomic mass is 10.2. The monoisotopic (exact) mass is 285 g/mol. The first kappa shape index (κ1) is 13.6. The van der Waals surface area contributed by atoms with Crippen LogP contribution in [0.25, 0.3) is 5.69 Å². The SMILES string of the molecule is CCC(=O)N1CCN(c2ccccc2-n2cnnc2)CC1. The first-order chi connectivity index (χ1) is 10.3. The molecule has 1 amide bonds. The van der Waals surface area contributed by atoms with E-state index in [2.05, 4.69) is 27.2 Å². The molecule has 0 aliphatic carbocycles. The maximum Gasteiger partial charge on any atom is 0.222 e. The van der Waals surface area contributed by atoms with Crippen LogP contribution in [-0.4, -0.2) is 51.8 Å². The number of rotatable bonds is 3. The van der Waals surface area contributed by atoms with Gasteiger partial charge >= 0.3 is 0 Å². The minimum Gasteiger partial charge on any atom is -0.366 e. The molecule has 1 saturated heterocycles. The normalized spacial score (nSPS) is 15.3. The zero-order valence-corrected chi connectivity index (χ0v) is 12.1. The van der Waals surface area contributed by atoms with E-state index >= 15 is 0 Å². The fraction of sp³-hybridized carbons (Fsp3) is 0.400. The van der Waals surface area contributed by atoms with Crippen LogP contribution < -0.4 is 4.90 Å². The average Bonchev–Trinajstić information content (AvgIpc) is 3.08. The van der Waals surface area contributed by atoms with Crippen LogP contribution in [0.3, 0.4) is 0 Å². The Bertz CT molecular complexity index is 602. The van der Waals surface area contributed by atoms with Gasteiger partial charge in [-0.25, -0.2) is 0 Å². The van der Waals surface area contributed by atoms with Crippen molar-refractivity contribution in [2.45, 2.75) is 13.3 Å². The van der Waals surface area contributed by atoms with E-state index in [0.29, 0.717) is 6.42 Å². The van der Waals surface area contributed by atoms with E-state index in [1.807, 2.05) is 28.5 Å². The van der Waals surface area contributed by atoms with Crippen LogP contribution in [0.1, 0.15) is 13.3 Å². The molecule has 0 N–H and O–H groups in total. The zero-order chi connectivity index (χ0) is 14.7. The number of carbonyl (C=O) groups excluding carboxylic acids is 1. The summed E-state index contributed by atoms with van der Waals surface area (Å²) in [5.41, 5.74) is 2.22. The molecule has 0 atom stereocenters. The molecule has 3 rings (SSSR count). The Hall–Kier alpha value is -2.37. The maximum atomic E-state index is 11.8. The highest BCUT2D eigenvalue weighted by Crippen LogP contribution is 2.25. The summed E-state index contributed by atoms with van der Waals surface area (Å²) in [6.45, 7) is 5.18. The summed E-state index contributed by atoms with van der Waals surface area (Å²) in [4.78, 5) is 16.0. The second-order valence-electron chi connectivity index (χ2n) is 5.08. The van der Waals surface area contributed by atoms with Gasteiger partial charge in [0.25, 0.3) is 0 Å². The highest BCUT2D eigenvalue weighted by atomic mass is 16.2. The Morgan fingerprint density at radius 3 is 2.29 bits per heavy atom. The molecule has 6 nitrogen and oxygen atoms in total.